The largest absolute Gasteiger partial charge is 0.488 e. The molecular weight excluding hydrogens is 483 g/mol. The zero-order valence-corrected chi connectivity index (χ0v) is 19.5. The van der Waals surface area contributed by atoms with Crippen molar-refractivity contribution in [1.29, 1.82) is 10.5 Å². The molecule has 2 aromatic carbocycles. The summed E-state index contributed by atoms with van der Waals surface area (Å²) < 4.78 is 19.7. The summed E-state index contributed by atoms with van der Waals surface area (Å²) in [5.74, 6) is 0.487. The average Bonchev–Trinajstić information content (AvgIpc) is 3.05. The number of nitrogens with two attached hydrogens (primary N) is 1. The van der Waals surface area contributed by atoms with E-state index in [1.54, 1.807) is 12.1 Å². The number of hydrogen-bond donors (Lipinski definition) is 1. The number of nitrogen functional groups attached to an aromatic ring is 1. The number of nitrogens with zero attached hydrogens (tertiary/aromatic N) is 3. The van der Waals surface area contributed by atoms with Gasteiger partial charge in [0.1, 0.15) is 36.1 Å². The Hall–Kier alpha value is -3.94. The smallest absolute Gasteiger partial charge is 0.142 e. The van der Waals surface area contributed by atoms with E-state index >= 15 is 0 Å². The fourth-order valence-corrected chi connectivity index (χ4v) is 4.34. The van der Waals surface area contributed by atoms with Crippen molar-refractivity contribution in [1.82, 2.24) is 4.98 Å². The van der Waals surface area contributed by atoms with Crippen molar-refractivity contribution in [2.75, 3.05) is 5.73 Å². The SMILES string of the molecule is CC1=C(C#N)c2nc(N)c(C#N)c(C)c2/C1=C\c1ccc(OCc2ccc(F)cc2)c(Br)c1. The Morgan fingerprint density at radius 2 is 1.85 bits per heavy atom. The normalized spacial score (nSPS) is 13.6. The molecule has 162 valence electrons. The molecule has 0 spiro atoms. The van der Waals surface area contributed by atoms with Crippen LogP contribution in [-0.2, 0) is 6.61 Å². The molecule has 4 rings (SSSR count). The molecule has 33 heavy (non-hydrogen) atoms. The summed E-state index contributed by atoms with van der Waals surface area (Å²) in [5, 5.41) is 19.2. The molecule has 0 saturated carbocycles. The third-order valence-corrected chi connectivity index (χ3v) is 6.18. The van der Waals surface area contributed by atoms with Gasteiger partial charge in [-0.15, -0.1) is 0 Å². The first-order valence-electron chi connectivity index (χ1n) is 10.0. The molecule has 3 aromatic rings. The predicted molar refractivity (Wildman–Crippen MR) is 129 cm³/mol. The van der Waals surface area contributed by atoms with Gasteiger partial charge in [-0.1, -0.05) is 18.2 Å². The molecule has 0 unspecified atom stereocenters. The number of benzene rings is 2. The van der Waals surface area contributed by atoms with Crippen LogP contribution < -0.4 is 10.5 Å². The molecule has 0 bridgehead atoms. The molecule has 0 amide bonds. The highest BCUT2D eigenvalue weighted by molar-refractivity contribution is 9.10. The highest BCUT2D eigenvalue weighted by Gasteiger charge is 2.29. The number of aromatic nitrogens is 1. The van der Waals surface area contributed by atoms with E-state index in [4.69, 9.17) is 10.5 Å². The van der Waals surface area contributed by atoms with Crippen LogP contribution in [0.25, 0.3) is 17.2 Å². The van der Waals surface area contributed by atoms with Gasteiger partial charge in [-0.05, 0) is 88.0 Å². The molecule has 0 fully saturated rings. The molecule has 0 aliphatic heterocycles. The predicted octanol–water partition coefficient (Wildman–Crippen LogP) is 6.18. The minimum absolute atomic E-state index is 0.126. The van der Waals surface area contributed by atoms with Crippen LogP contribution in [0.15, 0.2) is 52.5 Å². The van der Waals surface area contributed by atoms with Crippen LogP contribution in [0.3, 0.4) is 0 Å². The topological polar surface area (TPSA) is 95.7 Å². The third kappa shape index (κ3) is 4.11. The molecule has 5 nitrogen and oxygen atoms in total. The summed E-state index contributed by atoms with van der Waals surface area (Å²) in [7, 11) is 0. The number of ether oxygens (including phenoxy) is 1. The molecule has 1 aliphatic rings. The molecular formula is C26H18BrFN4O. The standard InChI is InChI=1S/C26H18BrFN4O/c1-14-19(24-15(2)21(12-30)26(31)32-25(24)20(14)11-29)9-17-5-8-23(22(27)10-17)33-13-16-3-6-18(28)7-4-16/h3-10H,13H2,1-2H3,(H2,31,32)/b19-9-. The fraction of sp³-hybridized carbons (Fsp3) is 0.115. The molecule has 1 heterocycles. The number of pyridine rings is 1. The van der Waals surface area contributed by atoms with Gasteiger partial charge in [0.25, 0.3) is 0 Å². The van der Waals surface area contributed by atoms with Gasteiger partial charge in [0.15, 0.2) is 0 Å². The van der Waals surface area contributed by atoms with Gasteiger partial charge in [-0.2, -0.15) is 10.5 Å². The van der Waals surface area contributed by atoms with E-state index in [2.05, 4.69) is 33.1 Å². The first kappa shape index (κ1) is 22.3. The second-order valence-electron chi connectivity index (χ2n) is 7.61. The summed E-state index contributed by atoms with van der Waals surface area (Å²) in [6.07, 6.45) is 1.96. The summed E-state index contributed by atoms with van der Waals surface area (Å²) in [6, 6.07) is 16.1. The van der Waals surface area contributed by atoms with Crippen LogP contribution >= 0.6 is 15.9 Å². The molecule has 0 atom stereocenters. The van der Waals surface area contributed by atoms with E-state index in [-0.39, 0.29) is 11.6 Å². The van der Waals surface area contributed by atoms with Crippen LogP contribution in [-0.4, -0.2) is 4.98 Å². The van der Waals surface area contributed by atoms with E-state index in [0.29, 0.717) is 34.8 Å². The highest BCUT2D eigenvalue weighted by atomic mass is 79.9. The van der Waals surface area contributed by atoms with Crippen LogP contribution in [0.4, 0.5) is 10.2 Å². The van der Waals surface area contributed by atoms with Gasteiger partial charge >= 0.3 is 0 Å². The maximum Gasteiger partial charge on any atom is 0.142 e. The van der Waals surface area contributed by atoms with Crippen molar-refractivity contribution in [3.63, 3.8) is 0 Å². The molecule has 1 aromatic heterocycles. The van der Waals surface area contributed by atoms with E-state index in [1.165, 1.54) is 12.1 Å². The Bertz CT molecular complexity index is 1430. The monoisotopic (exact) mass is 500 g/mol. The summed E-state index contributed by atoms with van der Waals surface area (Å²) in [6.45, 7) is 3.99. The maximum atomic E-state index is 13.1. The van der Waals surface area contributed by atoms with Crippen LogP contribution in [0, 0.1) is 35.4 Å². The lowest BCUT2D eigenvalue weighted by Crippen LogP contribution is -2.03. The van der Waals surface area contributed by atoms with Crippen molar-refractivity contribution in [2.45, 2.75) is 20.5 Å². The van der Waals surface area contributed by atoms with Gasteiger partial charge in [0.05, 0.1) is 21.3 Å². The summed E-state index contributed by atoms with van der Waals surface area (Å²) in [4.78, 5) is 4.35. The van der Waals surface area contributed by atoms with Crippen LogP contribution in [0.1, 0.15) is 40.4 Å². The molecule has 0 saturated heterocycles. The van der Waals surface area contributed by atoms with Crippen molar-refractivity contribution >= 4 is 39.0 Å². The molecule has 0 radical (unpaired) electrons. The van der Waals surface area contributed by atoms with E-state index in [9.17, 15) is 14.9 Å². The quantitative estimate of drug-likeness (QED) is 0.461. The number of nitriles is 2. The van der Waals surface area contributed by atoms with Gasteiger partial charge in [-0.3, -0.25) is 0 Å². The zero-order valence-electron chi connectivity index (χ0n) is 17.9. The van der Waals surface area contributed by atoms with Crippen molar-refractivity contribution in [3.05, 3.63) is 91.8 Å². The number of rotatable bonds is 4. The first-order valence-corrected chi connectivity index (χ1v) is 10.8. The van der Waals surface area contributed by atoms with Gasteiger partial charge in [0, 0.05) is 5.56 Å². The van der Waals surface area contributed by atoms with Crippen molar-refractivity contribution < 1.29 is 9.13 Å². The Labute approximate surface area is 199 Å². The minimum atomic E-state index is -0.287. The van der Waals surface area contributed by atoms with Crippen molar-refractivity contribution in [2.24, 2.45) is 0 Å². The lowest BCUT2D eigenvalue weighted by molar-refractivity contribution is 0.304. The average molecular weight is 501 g/mol. The molecule has 2 N–H and O–H groups in total. The number of hydrogen-bond acceptors (Lipinski definition) is 5. The Kier molecular flexibility index (Phi) is 6.00. The minimum Gasteiger partial charge on any atom is -0.488 e. The van der Waals surface area contributed by atoms with E-state index in [0.717, 1.165) is 32.3 Å². The van der Waals surface area contributed by atoms with Gasteiger partial charge in [0.2, 0.25) is 0 Å². The van der Waals surface area contributed by atoms with E-state index < -0.39 is 0 Å². The van der Waals surface area contributed by atoms with Crippen molar-refractivity contribution in [3.8, 4) is 17.9 Å². The maximum absolute atomic E-state index is 13.1. The highest BCUT2D eigenvalue weighted by Crippen LogP contribution is 2.44. The Morgan fingerprint density at radius 3 is 2.48 bits per heavy atom. The summed E-state index contributed by atoms with van der Waals surface area (Å²) >= 11 is 3.55. The second kappa shape index (κ2) is 8.90. The Morgan fingerprint density at radius 1 is 1.12 bits per heavy atom. The number of allylic oxidation sites excluding steroid dienone is 3. The first-order chi connectivity index (χ1) is 15.8. The lowest BCUT2D eigenvalue weighted by Gasteiger charge is -2.12. The van der Waals surface area contributed by atoms with Gasteiger partial charge in [-0.25, -0.2) is 9.37 Å². The van der Waals surface area contributed by atoms with Crippen LogP contribution in [0.2, 0.25) is 0 Å². The second-order valence-corrected chi connectivity index (χ2v) is 8.46. The van der Waals surface area contributed by atoms with E-state index in [1.807, 2.05) is 38.1 Å². The fourth-order valence-electron chi connectivity index (χ4n) is 3.83. The number of fused-ring (bicyclic) bond motifs is 1. The molecule has 7 heteroatoms. The summed E-state index contributed by atoms with van der Waals surface area (Å²) in [5.41, 5.74) is 12.0. The van der Waals surface area contributed by atoms with Crippen LogP contribution in [0.5, 0.6) is 5.75 Å². The molecule has 1 aliphatic carbocycles. The zero-order chi connectivity index (χ0) is 23.7. The lowest BCUT2D eigenvalue weighted by atomic mass is 9.95. The third-order valence-electron chi connectivity index (χ3n) is 5.56. The Balaban J connectivity index is 1.69. The number of halogens is 2. The number of anilines is 1. The van der Waals surface area contributed by atoms with Gasteiger partial charge < -0.3 is 10.5 Å².